The van der Waals surface area contributed by atoms with Gasteiger partial charge in [-0.3, -0.25) is 0 Å². The summed E-state index contributed by atoms with van der Waals surface area (Å²) >= 11 is 39.9. The molecule has 0 bridgehead atoms. The lowest BCUT2D eigenvalue weighted by Crippen LogP contribution is -2.63. The lowest BCUT2D eigenvalue weighted by Gasteiger charge is -2.53. The summed E-state index contributed by atoms with van der Waals surface area (Å²) in [5.41, 5.74) is 0. The zero-order chi connectivity index (χ0) is 15.2. The predicted molar refractivity (Wildman–Crippen MR) is 122 cm³/mol. The Bertz CT molecular complexity index is 281. The van der Waals surface area contributed by atoms with Crippen LogP contribution in [0, 0.1) is 6.42 Å². The van der Waals surface area contributed by atoms with Crippen molar-refractivity contribution >= 4 is 175 Å². The minimum absolute atomic E-state index is 0.558. The standard InChI is InChI=1S/C7H4Br11/c1-2-3(8,9)5(11,12)4(10,6(13,14)15)7(16,17)18/h2H,1H3. The lowest BCUT2D eigenvalue weighted by atomic mass is 10.1. The van der Waals surface area contributed by atoms with E-state index in [9.17, 15) is 0 Å². The first-order valence-corrected chi connectivity index (χ1v) is 12.7. The fourth-order valence-corrected chi connectivity index (χ4v) is 13.2. The minimum atomic E-state index is -0.723. The van der Waals surface area contributed by atoms with Gasteiger partial charge >= 0.3 is 0 Å². The van der Waals surface area contributed by atoms with Gasteiger partial charge in [0.1, 0.15) is 10.8 Å². The summed E-state index contributed by atoms with van der Waals surface area (Å²) in [5.74, 6) is 0. The molecule has 0 N–H and O–H groups in total. The molecule has 0 aliphatic carbocycles. The molecule has 109 valence electrons. The van der Waals surface area contributed by atoms with E-state index in [0.29, 0.717) is 0 Å². The highest BCUT2D eigenvalue weighted by Crippen LogP contribution is 2.73. The Morgan fingerprint density at radius 3 is 1.06 bits per heavy atom. The molecule has 11 heteroatoms. The molecule has 0 nitrogen and oxygen atoms in total. The molecule has 0 heterocycles. The molecule has 0 rings (SSSR count). The van der Waals surface area contributed by atoms with Crippen LogP contribution in [0.4, 0.5) is 0 Å². The average molecular weight is 967 g/mol. The van der Waals surface area contributed by atoms with Crippen LogP contribution in [0.5, 0.6) is 0 Å². The van der Waals surface area contributed by atoms with E-state index in [1.54, 1.807) is 0 Å². The summed E-state index contributed by atoms with van der Waals surface area (Å²) in [6.07, 6.45) is 1.96. The Labute approximate surface area is 199 Å². The van der Waals surface area contributed by atoms with Crippen LogP contribution in [-0.4, -0.2) is 15.1 Å². The van der Waals surface area contributed by atoms with Gasteiger partial charge in [-0.15, -0.1) is 0 Å². The van der Waals surface area contributed by atoms with Crippen LogP contribution in [0.1, 0.15) is 6.92 Å². The molecule has 0 saturated carbocycles. The number of hydrogen-bond acceptors (Lipinski definition) is 0. The Balaban J connectivity index is 6.10. The van der Waals surface area contributed by atoms with Crippen LogP contribution >= 0.6 is 175 Å². The van der Waals surface area contributed by atoms with E-state index in [-0.39, 0.29) is 0 Å². The third-order valence-corrected chi connectivity index (χ3v) is 18.3. The Morgan fingerprint density at radius 1 is 0.611 bits per heavy atom. The molecule has 0 amide bonds. The van der Waals surface area contributed by atoms with Gasteiger partial charge < -0.3 is 0 Å². The second-order valence-corrected chi connectivity index (χ2v) is 24.9. The van der Waals surface area contributed by atoms with Crippen LogP contribution < -0.4 is 0 Å². The highest BCUT2D eigenvalue weighted by atomic mass is 80.0. The molecule has 0 spiro atoms. The van der Waals surface area contributed by atoms with Crippen molar-refractivity contribution in [3.8, 4) is 0 Å². The maximum absolute atomic E-state index is 3.77. The van der Waals surface area contributed by atoms with Crippen LogP contribution in [0.25, 0.3) is 0 Å². The van der Waals surface area contributed by atoms with E-state index < -0.39 is 15.1 Å². The van der Waals surface area contributed by atoms with Crippen molar-refractivity contribution in [3.05, 3.63) is 6.42 Å². The van der Waals surface area contributed by atoms with Gasteiger partial charge in [-0.25, -0.2) is 0 Å². The largest absolute Gasteiger partial charge is 0.155 e. The first kappa shape index (κ1) is 23.3. The van der Waals surface area contributed by atoms with E-state index in [0.717, 1.165) is 0 Å². The molecule has 0 aromatic carbocycles. The van der Waals surface area contributed by atoms with Gasteiger partial charge in [-0.05, 0) is 6.42 Å². The second kappa shape index (κ2) is 7.67. The zero-order valence-electron chi connectivity index (χ0n) is 8.23. The SMILES string of the molecule is C[CH]C(Br)(Br)C(Br)(Br)C(Br)(C(Br)(Br)Br)C(Br)(Br)Br. The Kier molecular flexibility index (Phi) is 9.91. The topological polar surface area (TPSA) is 0 Å². The first-order valence-electron chi connectivity index (χ1n) is 3.94. The first-order chi connectivity index (χ1) is 7.56. The van der Waals surface area contributed by atoms with Crippen molar-refractivity contribution in [3.63, 3.8) is 0 Å². The summed E-state index contributed by atoms with van der Waals surface area (Å²) in [4.78, 5) is 0. The molecular weight excluding hydrogens is 963 g/mol. The van der Waals surface area contributed by atoms with Gasteiger partial charge in [0.05, 0.1) is 0 Å². The average Bonchev–Trinajstić information content (AvgIpc) is 2.12. The third-order valence-electron chi connectivity index (χ3n) is 2.00. The smallest absolute Gasteiger partial charge is 0.0758 e. The normalized spacial score (nSPS) is 16.0. The van der Waals surface area contributed by atoms with E-state index >= 15 is 0 Å². The Morgan fingerprint density at radius 2 is 0.889 bits per heavy atom. The fraction of sp³-hybridized carbons (Fsp3) is 0.857. The quantitative estimate of drug-likeness (QED) is 0.248. The molecule has 0 aliphatic rings. The van der Waals surface area contributed by atoms with Gasteiger partial charge in [-0.1, -0.05) is 182 Å². The molecule has 0 unspecified atom stereocenters. The minimum Gasteiger partial charge on any atom is -0.0758 e. The molecule has 0 atom stereocenters. The molecular formula is C7H4Br11. The molecule has 0 fully saturated rings. The van der Waals surface area contributed by atoms with Crippen LogP contribution in [-0.2, 0) is 0 Å². The van der Waals surface area contributed by atoms with Crippen LogP contribution in [0.3, 0.4) is 0 Å². The summed E-state index contributed by atoms with van der Waals surface area (Å²) in [7, 11) is 0. The van der Waals surface area contributed by atoms with E-state index in [1.807, 2.05) is 13.3 Å². The summed E-state index contributed by atoms with van der Waals surface area (Å²) in [5, 5.41) is 0. The van der Waals surface area contributed by atoms with Crippen molar-refractivity contribution in [2.75, 3.05) is 0 Å². The number of halogens is 11. The molecule has 0 aliphatic heterocycles. The molecule has 1 radical (unpaired) electrons. The van der Waals surface area contributed by atoms with Crippen LogP contribution in [0.2, 0.25) is 0 Å². The molecule has 0 aromatic rings. The fourth-order valence-electron chi connectivity index (χ4n) is 0.928. The van der Waals surface area contributed by atoms with Gasteiger partial charge in [-0.2, -0.15) is 0 Å². The molecule has 18 heavy (non-hydrogen) atoms. The number of alkyl halides is 11. The second-order valence-electron chi connectivity index (χ2n) is 3.14. The highest BCUT2D eigenvalue weighted by Gasteiger charge is 2.71. The van der Waals surface area contributed by atoms with Crippen molar-refractivity contribution in [2.45, 2.75) is 22.0 Å². The maximum Gasteiger partial charge on any atom is 0.155 e. The van der Waals surface area contributed by atoms with Crippen molar-refractivity contribution in [1.82, 2.24) is 0 Å². The van der Waals surface area contributed by atoms with Crippen molar-refractivity contribution in [2.24, 2.45) is 0 Å². The zero-order valence-corrected chi connectivity index (χ0v) is 25.7. The number of rotatable bonds is 3. The van der Waals surface area contributed by atoms with E-state index in [2.05, 4.69) is 175 Å². The van der Waals surface area contributed by atoms with E-state index in [4.69, 9.17) is 0 Å². The number of hydrogen-bond donors (Lipinski definition) is 0. The molecule has 0 aromatic heterocycles. The van der Waals surface area contributed by atoms with Gasteiger partial charge in [0, 0.05) is 0 Å². The molecule has 0 saturated heterocycles. The van der Waals surface area contributed by atoms with Crippen molar-refractivity contribution < 1.29 is 0 Å². The van der Waals surface area contributed by atoms with Gasteiger partial charge in [0.2, 0.25) is 0 Å². The predicted octanol–water partition coefficient (Wildman–Crippen LogP) is 8.99. The van der Waals surface area contributed by atoms with E-state index in [1.165, 1.54) is 0 Å². The van der Waals surface area contributed by atoms with Crippen LogP contribution in [0.15, 0.2) is 0 Å². The van der Waals surface area contributed by atoms with Gasteiger partial charge in [0.15, 0.2) is 4.29 Å². The van der Waals surface area contributed by atoms with Crippen molar-refractivity contribution in [1.29, 1.82) is 0 Å². The van der Waals surface area contributed by atoms with Gasteiger partial charge in [0.25, 0.3) is 0 Å². The highest BCUT2D eigenvalue weighted by molar-refractivity contribution is 9.42. The summed E-state index contributed by atoms with van der Waals surface area (Å²) in [6.45, 7) is 1.94. The third kappa shape index (κ3) is 4.46. The Hall–Kier alpha value is 5.28. The monoisotopic (exact) mass is 956 g/mol. The maximum atomic E-state index is 3.77. The lowest BCUT2D eigenvalue weighted by molar-refractivity contribution is 0.614. The summed E-state index contributed by atoms with van der Waals surface area (Å²) < 4.78 is -3.34. The summed E-state index contributed by atoms with van der Waals surface area (Å²) in [6, 6.07) is 0.